The maximum Gasteiger partial charge on any atom is 0.322 e. The fourth-order valence-corrected chi connectivity index (χ4v) is 2.20. The molecule has 0 aliphatic heterocycles. The summed E-state index contributed by atoms with van der Waals surface area (Å²) in [4.78, 5) is 22.0. The van der Waals surface area contributed by atoms with Crippen LogP contribution in [0.2, 0.25) is 0 Å². The fraction of sp³-hybridized carbons (Fsp3) is 0.263. The molecule has 6 nitrogen and oxygen atoms in total. The van der Waals surface area contributed by atoms with E-state index in [1.807, 2.05) is 24.3 Å². The molecule has 2 aromatic rings. The highest BCUT2D eigenvalue weighted by Crippen LogP contribution is 2.15. The molecule has 2 aromatic carbocycles. The van der Waals surface area contributed by atoms with E-state index in [0.29, 0.717) is 6.61 Å². The minimum atomic E-state index is -1.06. The van der Waals surface area contributed by atoms with Crippen LogP contribution in [0.5, 0.6) is 11.5 Å². The van der Waals surface area contributed by atoms with Crippen LogP contribution < -0.4 is 14.8 Å². The summed E-state index contributed by atoms with van der Waals surface area (Å²) in [5.74, 6) is 0.167. The van der Waals surface area contributed by atoms with Crippen LogP contribution in [0.25, 0.3) is 0 Å². The van der Waals surface area contributed by atoms with Crippen LogP contribution in [0, 0.1) is 0 Å². The Kier molecular flexibility index (Phi) is 6.83. The first-order valence-corrected chi connectivity index (χ1v) is 7.90. The molecule has 0 saturated carbocycles. The summed E-state index contributed by atoms with van der Waals surface area (Å²) in [6.07, 6.45) is 0.919. The van der Waals surface area contributed by atoms with Gasteiger partial charge in [0.05, 0.1) is 20.1 Å². The zero-order valence-corrected chi connectivity index (χ0v) is 14.0. The fourth-order valence-electron chi connectivity index (χ4n) is 2.20. The van der Waals surface area contributed by atoms with Crippen LogP contribution in [0.1, 0.15) is 11.1 Å². The van der Waals surface area contributed by atoms with Crippen molar-refractivity contribution in [2.75, 3.05) is 20.3 Å². The molecule has 0 atom stereocenters. The van der Waals surface area contributed by atoms with Gasteiger partial charge < -0.3 is 19.9 Å². The van der Waals surface area contributed by atoms with Gasteiger partial charge in [0.2, 0.25) is 5.91 Å². The number of ether oxygens (including phenoxy) is 2. The minimum absolute atomic E-state index is 0.138. The summed E-state index contributed by atoms with van der Waals surface area (Å²) >= 11 is 0. The zero-order chi connectivity index (χ0) is 18.1. The first-order valence-electron chi connectivity index (χ1n) is 7.90. The van der Waals surface area contributed by atoms with Crippen LogP contribution in [-0.4, -0.2) is 37.2 Å². The van der Waals surface area contributed by atoms with Crippen molar-refractivity contribution in [2.24, 2.45) is 0 Å². The zero-order valence-electron chi connectivity index (χ0n) is 14.0. The number of carbonyl (C=O) groups is 2. The molecule has 0 fully saturated rings. The molecule has 2 N–H and O–H groups in total. The molecule has 0 aliphatic rings. The van der Waals surface area contributed by atoms with Crippen molar-refractivity contribution >= 4 is 11.9 Å². The number of benzene rings is 2. The Bertz CT molecular complexity index is 695. The number of nitrogens with one attached hydrogen (secondary N) is 1. The number of carbonyl (C=O) groups excluding carboxylic acids is 1. The molecule has 6 heteroatoms. The lowest BCUT2D eigenvalue weighted by molar-refractivity contribution is -0.137. The van der Waals surface area contributed by atoms with E-state index in [1.165, 1.54) is 0 Å². The van der Waals surface area contributed by atoms with Crippen LogP contribution in [0.3, 0.4) is 0 Å². The molecule has 0 heterocycles. The third-order valence-corrected chi connectivity index (χ3v) is 3.54. The number of amides is 1. The monoisotopic (exact) mass is 343 g/mol. The second-order valence-electron chi connectivity index (χ2n) is 5.44. The van der Waals surface area contributed by atoms with Gasteiger partial charge in [0.15, 0.2) is 0 Å². The largest absolute Gasteiger partial charge is 0.497 e. The lowest BCUT2D eigenvalue weighted by Crippen LogP contribution is -2.30. The van der Waals surface area contributed by atoms with Crippen molar-refractivity contribution in [1.29, 1.82) is 0 Å². The number of carboxylic acids is 1. The van der Waals surface area contributed by atoms with Crippen LogP contribution in [0.4, 0.5) is 0 Å². The van der Waals surface area contributed by atoms with Crippen LogP contribution in [-0.2, 0) is 22.4 Å². The smallest absolute Gasteiger partial charge is 0.322 e. The van der Waals surface area contributed by atoms with Gasteiger partial charge in [-0.15, -0.1) is 0 Å². The van der Waals surface area contributed by atoms with Gasteiger partial charge in [-0.3, -0.25) is 9.59 Å². The Morgan fingerprint density at radius 3 is 2.16 bits per heavy atom. The molecule has 2 rings (SSSR count). The first kappa shape index (κ1) is 18.3. The van der Waals surface area contributed by atoms with Crippen LogP contribution in [0.15, 0.2) is 48.5 Å². The Balaban J connectivity index is 1.75. The van der Waals surface area contributed by atoms with Crippen molar-refractivity contribution in [2.45, 2.75) is 12.8 Å². The maximum atomic E-state index is 11.6. The van der Waals surface area contributed by atoms with E-state index in [-0.39, 0.29) is 18.9 Å². The van der Waals surface area contributed by atoms with Gasteiger partial charge in [0.1, 0.15) is 18.0 Å². The highest BCUT2D eigenvalue weighted by Gasteiger charge is 2.05. The Morgan fingerprint density at radius 1 is 0.960 bits per heavy atom. The molecule has 0 saturated heterocycles. The molecule has 1 amide bonds. The second kappa shape index (κ2) is 9.32. The average molecular weight is 343 g/mol. The number of carboxylic acid groups (broad SMARTS) is 1. The summed E-state index contributed by atoms with van der Waals surface area (Å²) in [5, 5.41) is 10.8. The standard InChI is InChI=1S/C19H21NO5/c1-24-16-6-2-14(3-7-16)10-11-25-17-8-4-15(5-9-17)12-18(21)20-13-19(22)23/h2-9H,10-13H2,1H3,(H,20,21)(H,22,23). The van der Waals surface area contributed by atoms with Gasteiger partial charge in [0, 0.05) is 6.42 Å². The lowest BCUT2D eigenvalue weighted by Gasteiger charge is -2.08. The van der Waals surface area contributed by atoms with Gasteiger partial charge in [-0.25, -0.2) is 0 Å². The van der Waals surface area contributed by atoms with Gasteiger partial charge in [0.25, 0.3) is 0 Å². The van der Waals surface area contributed by atoms with E-state index < -0.39 is 5.97 Å². The highest BCUT2D eigenvalue weighted by atomic mass is 16.5. The predicted octanol–water partition coefficient (Wildman–Crippen LogP) is 2.06. The Hall–Kier alpha value is -3.02. The molecule has 0 aliphatic carbocycles. The van der Waals surface area contributed by atoms with Gasteiger partial charge in [-0.1, -0.05) is 24.3 Å². The third-order valence-electron chi connectivity index (χ3n) is 3.54. The number of hydrogen-bond acceptors (Lipinski definition) is 4. The van der Waals surface area contributed by atoms with Gasteiger partial charge in [-0.05, 0) is 35.4 Å². The van der Waals surface area contributed by atoms with Crippen molar-refractivity contribution in [3.63, 3.8) is 0 Å². The summed E-state index contributed by atoms with van der Waals surface area (Å²) in [7, 11) is 1.64. The quantitative estimate of drug-likeness (QED) is 0.728. The third kappa shape index (κ3) is 6.55. The van der Waals surface area contributed by atoms with Gasteiger partial charge >= 0.3 is 5.97 Å². The number of aliphatic carboxylic acids is 1. The Labute approximate surface area is 146 Å². The lowest BCUT2D eigenvalue weighted by atomic mass is 10.1. The second-order valence-corrected chi connectivity index (χ2v) is 5.44. The SMILES string of the molecule is COc1ccc(CCOc2ccc(CC(=O)NCC(=O)O)cc2)cc1. The summed E-state index contributed by atoms with van der Waals surface area (Å²) < 4.78 is 10.8. The number of hydrogen-bond donors (Lipinski definition) is 2. The molecule has 0 unspecified atom stereocenters. The summed E-state index contributed by atoms with van der Waals surface area (Å²) in [5.41, 5.74) is 1.96. The first-order chi connectivity index (χ1) is 12.1. The molecule has 0 spiro atoms. The molecule has 0 radical (unpaired) electrons. The van der Waals surface area contributed by atoms with Crippen molar-refractivity contribution in [1.82, 2.24) is 5.32 Å². The van der Waals surface area contributed by atoms with E-state index in [2.05, 4.69) is 5.32 Å². The van der Waals surface area contributed by atoms with Gasteiger partial charge in [-0.2, -0.15) is 0 Å². The van der Waals surface area contributed by atoms with E-state index >= 15 is 0 Å². The normalized spacial score (nSPS) is 10.1. The molecular formula is C19H21NO5. The van der Waals surface area contributed by atoms with Crippen molar-refractivity contribution < 1.29 is 24.2 Å². The molecule has 132 valence electrons. The molecular weight excluding hydrogens is 322 g/mol. The average Bonchev–Trinajstić information content (AvgIpc) is 2.62. The molecule has 0 bridgehead atoms. The Morgan fingerprint density at radius 2 is 1.56 bits per heavy atom. The van der Waals surface area contributed by atoms with E-state index in [1.54, 1.807) is 31.4 Å². The van der Waals surface area contributed by atoms with Crippen molar-refractivity contribution in [3.8, 4) is 11.5 Å². The predicted molar refractivity (Wildman–Crippen MR) is 93.0 cm³/mol. The van der Waals surface area contributed by atoms with E-state index in [9.17, 15) is 9.59 Å². The molecule has 0 aromatic heterocycles. The number of methoxy groups -OCH3 is 1. The summed E-state index contributed by atoms with van der Waals surface area (Å²) in [6, 6.07) is 15.0. The summed E-state index contributed by atoms with van der Waals surface area (Å²) in [6.45, 7) is 0.177. The van der Waals surface area contributed by atoms with Crippen molar-refractivity contribution in [3.05, 3.63) is 59.7 Å². The molecule has 25 heavy (non-hydrogen) atoms. The number of rotatable bonds is 9. The highest BCUT2D eigenvalue weighted by molar-refractivity contribution is 5.82. The van der Waals surface area contributed by atoms with E-state index in [4.69, 9.17) is 14.6 Å². The maximum absolute atomic E-state index is 11.6. The topological polar surface area (TPSA) is 84.9 Å². The minimum Gasteiger partial charge on any atom is -0.497 e. The van der Waals surface area contributed by atoms with Crippen LogP contribution >= 0.6 is 0 Å². The van der Waals surface area contributed by atoms with E-state index in [0.717, 1.165) is 29.0 Å².